The highest BCUT2D eigenvalue weighted by atomic mass is 14.2. The lowest BCUT2D eigenvalue weighted by molar-refractivity contribution is 0.800. The molecule has 0 aliphatic heterocycles. The molecule has 0 atom stereocenters. The third-order valence-electron chi connectivity index (χ3n) is 2.85. The van der Waals surface area contributed by atoms with E-state index in [4.69, 9.17) is 0 Å². The van der Waals surface area contributed by atoms with Crippen LogP contribution in [-0.4, -0.2) is 0 Å². The van der Waals surface area contributed by atoms with E-state index in [9.17, 15) is 0 Å². The van der Waals surface area contributed by atoms with E-state index in [1.807, 2.05) is 0 Å². The summed E-state index contributed by atoms with van der Waals surface area (Å²) in [6, 6.07) is 6.74. The van der Waals surface area contributed by atoms with Gasteiger partial charge < -0.3 is 0 Å². The Bertz CT molecular complexity index is 269. The molecule has 0 aliphatic rings. The van der Waals surface area contributed by atoms with Crippen molar-refractivity contribution in [1.82, 2.24) is 0 Å². The molecule has 0 radical (unpaired) electrons. The topological polar surface area (TPSA) is 0 Å². The summed E-state index contributed by atoms with van der Waals surface area (Å²) in [6.45, 7) is 11.4. The predicted octanol–water partition coefficient (Wildman–Crippen LogP) is 4.50. The zero-order valence-corrected chi connectivity index (χ0v) is 10.1. The monoisotopic (exact) mass is 190 g/mol. The van der Waals surface area contributed by atoms with Crippen molar-refractivity contribution in [3.8, 4) is 0 Å². The summed E-state index contributed by atoms with van der Waals surface area (Å²) in [5.41, 5.74) is 4.62. The van der Waals surface area contributed by atoms with Crippen LogP contribution in [0.4, 0.5) is 0 Å². The van der Waals surface area contributed by atoms with Crippen LogP contribution in [0.2, 0.25) is 0 Å². The highest BCUT2D eigenvalue weighted by Crippen LogP contribution is 2.27. The Kier molecular flexibility index (Phi) is 3.74. The van der Waals surface area contributed by atoms with Crippen LogP contribution in [0, 0.1) is 0 Å². The molecule has 78 valence electrons. The molecule has 0 spiro atoms. The Balaban J connectivity index is 3.25. The van der Waals surface area contributed by atoms with Gasteiger partial charge in [-0.05, 0) is 34.9 Å². The van der Waals surface area contributed by atoms with Gasteiger partial charge in [-0.15, -0.1) is 0 Å². The highest BCUT2D eigenvalue weighted by Gasteiger charge is 2.11. The maximum absolute atomic E-state index is 2.28. The lowest BCUT2D eigenvalue weighted by Crippen LogP contribution is -2.01. The van der Waals surface area contributed by atoms with E-state index in [2.05, 4.69) is 52.8 Å². The lowest BCUT2D eigenvalue weighted by atomic mass is 9.87. The van der Waals surface area contributed by atoms with Crippen molar-refractivity contribution in [2.24, 2.45) is 0 Å². The van der Waals surface area contributed by atoms with Crippen molar-refractivity contribution >= 4 is 0 Å². The van der Waals surface area contributed by atoms with Crippen LogP contribution in [0.25, 0.3) is 0 Å². The SMILES string of the molecule is CCc1c(C(C)C)cccc1C(C)C. The van der Waals surface area contributed by atoms with Crippen LogP contribution >= 0.6 is 0 Å². The van der Waals surface area contributed by atoms with Gasteiger partial charge in [-0.2, -0.15) is 0 Å². The lowest BCUT2D eigenvalue weighted by Gasteiger charge is -2.18. The molecule has 1 aromatic rings. The van der Waals surface area contributed by atoms with Crippen molar-refractivity contribution in [1.29, 1.82) is 0 Å². The number of benzene rings is 1. The molecule has 0 heterocycles. The first-order valence-corrected chi connectivity index (χ1v) is 5.69. The van der Waals surface area contributed by atoms with Crippen LogP contribution in [-0.2, 0) is 6.42 Å². The minimum Gasteiger partial charge on any atom is -0.0617 e. The van der Waals surface area contributed by atoms with Crippen molar-refractivity contribution in [2.45, 2.75) is 52.9 Å². The van der Waals surface area contributed by atoms with Gasteiger partial charge in [0, 0.05) is 0 Å². The Morgan fingerprint density at radius 3 is 1.64 bits per heavy atom. The zero-order valence-electron chi connectivity index (χ0n) is 10.1. The summed E-state index contributed by atoms with van der Waals surface area (Å²) in [5.74, 6) is 1.28. The van der Waals surface area contributed by atoms with E-state index in [-0.39, 0.29) is 0 Å². The molecule has 1 aromatic carbocycles. The molecule has 14 heavy (non-hydrogen) atoms. The van der Waals surface area contributed by atoms with E-state index in [1.165, 1.54) is 11.1 Å². The van der Waals surface area contributed by atoms with E-state index in [1.54, 1.807) is 5.56 Å². The smallest absolute Gasteiger partial charge is 0.0216 e. The fourth-order valence-corrected chi connectivity index (χ4v) is 2.11. The number of hydrogen-bond donors (Lipinski definition) is 0. The molecule has 0 saturated carbocycles. The van der Waals surface area contributed by atoms with Crippen molar-refractivity contribution in [3.05, 3.63) is 34.9 Å². The van der Waals surface area contributed by atoms with E-state index in [0.29, 0.717) is 11.8 Å². The van der Waals surface area contributed by atoms with Gasteiger partial charge in [0.15, 0.2) is 0 Å². The van der Waals surface area contributed by atoms with Crippen LogP contribution in [0.1, 0.15) is 63.1 Å². The summed E-state index contributed by atoms with van der Waals surface area (Å²) in [6.07, 6.45) is 1.15. The van der Waals surface area contributed by atoms with Gasteiger partial charge in [-0.25, -0.2) is 0 Å². The largest absolute Gasteiger partial charge is 0.0617 e. The fraction of sp³-hybridized carbons (Fsp3) is 0.571. The normalized spacial score (nSPS) is 11.4. The molecule has 0 saturated heterocycles. The van der Waals surface area contributed by atoms with Crippen LogP contribution in [0.15, 0.2) is 18.2 Å². The summed E-state index contributed by atoms with van der Waals surface area (Å²) in [4.78, 5) is 0. The molecular formula is C14H22. The van der Waals surface area contributed by atoms with Gasteiger partial charge in [0.05, 0.1) is 0 Å². The second-order valence-electron chi connectivity index (χ2n) is 4.58. The van der Waals surface area contributed by atoms with Crippen LogP contribution in [0.5, 0.6) is 0 Å². The van der Waals surface area contributed by atoms with Gasteiger partial charge in [-0.1, -0.05) is 52.8 Å². The molecule has 0 aliphatic carbocycles. The van der Waals surface area contributed by atoms with Crippen molar-refractivity contribution in [2.75, 3.05) is 0 Å². The zero-order chi connectivity index (χ0) is 10.7. The second kappa shape index (κ2) is 4.63. The molecule has 0 fully saturated rings. The van der Waals surface area contributed by atoms with E-state index < -0.39 is 0 Å². The summed E-state index contributed by atoms with van der Waals surface area (Å²) < 4.78 is 0. The van der Waals surface area contributed by atoms with E-state index >= 15 is 0 Å². The molecule has 1 rings (SSSR count). The molecule has 0 amide bonds. The van der Waals surface area contributed by atoms with Gasteiger partial charge in [0.1, 0.15) is 0 Å². The first-order valence-electron chi connectivity index (χ1n) is 5.69. The first kappa shape index (κ1) is 11.3. The van der Waals surface area contributed by atoms with Crippen molar-refractivity contribution < 1.29 is 0 Å². The second-order valence-corrected chi connectivity index (χ2v) is 4.58. The molecule has 0 bridgehead atoms. The van der Waals surface area contributed by atoms with Gasteiger partial charge >= 0.3 is 0 Å². The summed E-state index contributed by atoms with van der Waals surface area (Å²) >= 11 is 0. The maximum atomic E-state index is 2.28. The Morgan fingerprint density at radius 1 is 0.929 bits per heavy atom. The van der Waals surface area contributed by atoms with Crippen molar-refractivity contribution in [3.63, 3.8) is 0 Å². The number of hydrogen-bond acceptors (Lipinski definition) is 0. The third-order valence-corrected chi connectivity index (χ3v) is 2.85. The van der Waals surface area contributed by atoms with Gasteiger partial charge in [0.25, 0.3) is 0 Å². The Hall–Kier alpha value is -0.780. The molecule has 0 nitrogen and oxygen atoms in total. The summed E-state index contributed by atoms with van der Waals surface area (Å²) in [5, 5.41) is 0. The predicted molar refractivity (Wildman–Crippen MR) is 64.0 cm³/mol. The van der Waals surface area contributed by atoms with Gasteiger partial charge in [-0.3, -0.25) is 0 Å². The van der Waals surface area contributed by atoms with Gasteiger partial charge in [0.2, 0.25) is 0 Å². The molecule has 0 N–H and O–H groups in total. The minimum absolute atomic E-state index is 0.642. The standard InChI is InChI=1S/C14H22/c1-6-12-13(10(2)3)8-7-9-14(12)11(4)5/h7-11H,6H2,1-5H3. The number of rotatable bonds is 3. The molecule has 0 heteroatoms. The average molecular weight is 190 g/mol. The van der Waals surface area contributed by atoms with E-state index in [0.717, 1.165) is 6.42 Å². The Morgan fingerprint density at radius 2 is 1.36 bits per heavy atom. The molecular weight excluding hydrogens is 168 g/mol. The fourth-order valence-electron chi connectivity index (χ4n) is 2.11. The minimum atomic E-state index is 0.642. The van der Waals surface area contributed by atoms with Crippen LogP contribution < -0.4 is 0 Å². The third kappa shape index (κ3) is 2.17. The molecule has 0 unspecified atom stereocenters. The summed E-state index contributed by atoms with van der Waals surface area (Å²) in [7, 11) is 0. The highest BCUT2D eigenvalue weighted by molar-refractivity contribution is 5.38. The molecule has 0 aromatic heterocycles. The first-order chi connectivity index (χ1) is 6.57. The Labute approximate surface area is 88.4 Å². The maximum Gasteiger partial charge on any atom is -0.0216 e. The quantitative estimate of drug-likeness (QED) is 0.658. The van der Waals surface area contributed by atoms with Crippen LogP contribution in [0.3, 0.4) is 0 Å². The average Bonchev–Trinajstić information content (AvgIpc) is 2.16.